The lowest BCUT2D eigenvalue weighted by Crippen LogP contribution is -2.29. The molecule has 1 heterocycles. The second-order valence-corrected chi connectivity index (χ2v) is 4.84. The number of carbonyl (C=O) groups excluding carboxylic acids is 2. The van der Waals surface area contributed by atoms with Crippen molar-refractivity contribution in [3.05, 3.63) is 41.0 Å². The van der Waals surface area contributed by atoms with Gasteiger partial charge in [0.05, 0.1) is 24.1 Å². The summed E-state index contributed by atoms with van der Waals surface area (Å²) in [6.45, 7) is 0.458. The number of esters is 1. The number of halogens is 4. The quantitative estimate of drug-likeness (QED) is 0.481. The molecule has 1 aromatic carbocycles. The van der Waals surface area contributed by atoms with Gasteiger partial charge in [0.1, 0.15) is 6.67 Å². The van der Waals surface area contributed by atoms with Gasteiger partial charge in [-0.15, -0.1) is 0 Å². The Kier molecular flexibility index (Phi) is 4.72. The molecule has 128 valence electrons. The zero-order valence-corrected chi connectivity index (χ0v) is 12.6. The van der Waals surface area contributed by atoms with Gasteiger partial charge in [-0.2, -0.15) is 23.3 Å². The Balaban J connectivity index is 2.52. The average molecular weight is 344 g/mol. The Labute approximate surface area is 134 Å². The third-order valence-electron chi connectivity index (χ3n) is 3.28. The Morgan fingerprint density at radius 2 is 1.83 bits per heavy atom. The molecule has 1 aliphatic heterocycles. The van der Waals surface area contributed by atoms with Crippen LogP contribution in [0.25, 0.3) is 0 Å². The van der Waals surface area contributed by atoms with E-state index in [0.29, 0.717) is 5.56 Å². The monoisotopic (exact) mass is 344 g/mol. The highest BCUT2D eigenvalue weighted by atomic mass is 19.4. The summed E-state index contributed by atoms with van der Waals surface area (Å²) >= 11 is 0. The van der Waals surface area contributed by atoms with Gasteiger partial charge in [0, 0.05) is 0 Å². The first kappa shape index (κ1) is 17.6. The summed E-state index contributed by atoms with van der Waals surface area (Å²) in [7, 11) is 0.786. The van der Waals surface area contributed by atoms with Gasteiger partial charge in [-0.1, -0.05) is 12.1 Å². The minimum Gasteiger partial charge on any atom is -0.465 e. The standard InChI is InChI=1S/C15H12F4N2O3/c1-8-11(12(14(23)24-2)15(17,18)19)13(22)21(20-8)10-5-3-9(7-16)4-6-10/h3-6H,7H2,1-2H3. The number of carbonyl (C=O) groups is 2. The van der Waals surface area contributed by atoms with Crippen LogP contribution < -0.4 is 5.01 Å². The maximum atomic E-state index is 13.2. The SMILES string of the molecule is COC(=O)C(=C1C(=O)N(c2ccc(CF)cc2)N=C1C)C(F)(F)F. The molecule has 0 saturated heterocycles. The molecule has 0 fully saturated rings. The molecule has 24 heavy (non-hydrogen) atoms. The summed E-state index contributed by atoms with van der Waals surface area (Å²) in [5.41, 5.74) is -2.36. The topological polar surface area (TPSA) is 59.0 Å². The number of hydrogen-bond donors (Lipinski definition) is 0. The number of benzene rings is 1. The number of anilines is 1. The van der Waals surface area contributed by atoms with Crippen molar-refractivity contribution in [2.45, 2.75) is 19.8 Å². The van der Waals surface area contributed by atoms with Gasteiger partial charge in [0.25, 0.3) is 5.91 Å². The molecule has 0 radical (unpaired) electrons. The molecular formula is C15H12F4N2O3. The largest absolute Gasteiger partial charge is 0.465 e. The first-order valence-corrected chi connectivity index (χ1v) is 6.65. The molecule has 1 amide bonds. The Morgan fingerprint density at radius 1 is 1.25 bits per heavy atom. The third kappa shape index (κ3) is 3.15. The first-order valence-electron chi connectivity index (χ1n) is 6.65. The van der Waals surface area contributed by atoms with Gasteiger partial charge < -0.3 is 4.74 Å². The maximum absolute atomic E-state index is 13.2. The van der Waals surface area contributed by atoms with E-state index in [9.17, 15) is 27.2 Å². The van der Waals surface area contributed by atoms with Crippen molar-refractivity contribution in [2.24, 2.45) is 5.10 Å². The molecule has 0 spiro atoms. The van der Waals surface area contributed by atoms with E-state index in [0.717, 1.165) is 12.1 Å². The molecule has 2 rings (SSSR count). The van der Waals surface area contributed by atoms with Crippen LogP contribution >= 0.6 is 0 Å². The van der Waals surface area contributed by atoms with Gasteiger partial charge in [0.15, 0.2) is 5.57 Å². The van der Waals surface area contributed by atoms with Crippen LogP contribution in [-0.2, 0) is 21.0 Å². The lowest BCUT2D eigenvalue weighted by molar-refractivity contribution is -0.148. The van der Waals surface area contributed by atoms with Crippen molar-refractivity contribution in [1.29, 1.82) is 0 Å². The number of methoxy groups -OCH3 is 1. The molecule has 0 atom stereocenters. The van der Waals surface area contributed by atoms with Gasteiger partial charge >= 0.3 is 12.1 Å². The summed E-state index contributed by atoms with van der Waals surface area (Å²) in [6.07, 6.45) is -5.08. The highest BCUT2D eigenvalue weighted by Crippen LogP contribution is 2.34. The van der Waals surface area contributed by atoms with Crippen molar-refractivity contribution in [2.75, 3.05) is 12.1 Å². The molecule has 0 aliphatic carbocycles. The molecular weight excluding hydrogens is 332 g/mol. The zero-order chi connectivity index (χ0) is 18.1. The van der Waals surface area contributed by atoms with Crippen LogP contribution in [0.15, 0.2) is 40.5 Å². The second kappa shape index (κ2) is 6.42. The predicted molar refractivity (Wildman–Crippen MR) is 76.9 cm³/mol. The van der Waals surface area contributed by atoms with Crippen LogP contribution in [0.2, 0.25) is 0 Å². The Morgan fingerprint density at radius 3 is 2.29 bits per heavy atom. The molecule has 0 unspecified atom stereocenters. The van der Waals surface area contributed by atoms with Gasteiger partial charge in [-0.25, -0.2) is 9.18 Å². The lowest BCUT2D eigenvalue weighted by atomic mass is 10.0. The van der Waals surface area contributed by atoms with Crippen molar-refractivity contribution in [3.8, 4) is 0 Å². The van der Waals surface area contributed by atoms with Crippen LogP contribution in [0, 0.1) is 0 Å². The number of nitrogens with zero attached hydrogens (tertiary/aromatic N) is 2. The molecule has 0 saturated carbocycles. The predicted octanol–water partition coefficient (Wildman–Crippen LogP) is 2.91. The van der Waals surface area contributed by atoms with E-state index in [1.807, 2.05) is 0 Å². The summed E-state index contributed by atoms with van der Waals surface area (Å²) in [5.74, 6) is -2.78. The number of hydrogen-bond acceptors (Lipinski definition) is 4. The van der Waals surface area contributed by atoms with Gasteiger partial charge in [0.2, 0.25) is 0 Å². The minimum absolute atomic E-state index is 0.151. The fourth-order valence-electron chi connectivity index (χ4n) is 2.16. The Bertz CT molecular complexity index is 736. The molecule has 0 N–H and O–H groups in total. The van der Waals surface area contributed by atoms with E-state index in [1.54, 1.807) is 0 Å². The highest BCUT2D eigenvalue weighted by molar-refractivity contribution is 6.32. The minimum atomic E-state index is -5.08. The summed E-state index contributed by atoms with van der Waals surface area (Å²) in [4.78, 5) is 23.8. The molecule has 1 aromatic rings. The average Bonchev–Trinajstić information content (AvgIpc) is 2.82. The highest BCUT2D eigenvalue weighted by Gasteiger charge is 2.47. The third-order valence-corrected chi connectivity index (χ3v) is 3.28. The number of ether oxygens (including phenoxy) is 1. The van der Waals surface area contributed by atoms with Crippen LogP contribution in [-0.4, -0.2) is 30.9 Å². The summed E-state index contributed by atoms with van der Waals surface area (Å²) in [6, 6.07) is 5.44. The number of hydrazone groups is 1. The summed E-state index contributed by atoms with van der Waals surface area (Å²) < 4.78 is 56.1. The molecule has 5 nitrogen and oxygen atoms in total. The normalized spacial score (nSPS) is 17.0. The molecule has 0 aromatic heterocycles. The Hall–Kier alpha value is -2.71. The number of alkyl halides is 4. The maximum Gasteiger partial charge on any atom is 0.424 e. The fourth-order valence-corrected chi connectivity index (χ4v) is 2.16. The second-order valence-electron chi connectivity index (χ2n) is 4.84. The number of rotatable bonds is 3. The lowest BCUT2D eigenvalue weighted by Gasteiger charge is -2.14. The zero-order valence-electron chi connectivity index (χ0n) is 12.6. The van der Waals surface area contributed by atoms with Gasteiger partial charge in [-0.05, 0) is 24.6 Å². The van der Waals surface area contributed by atoms with Crippen LogP contribution in [0.1, 0.15) is 12.5 Å². The van der Waals surface area contributed by atoms with Crippen LogP contribution in [0.5, 0.6) is 0 Å². The fraction of sp³-hybridized carbons (Fsp3) is 0.267. The molecule has 0 bridgehead atoms. The van der Waals surface area contributed by atoms with E-state index in [-0.39, 0.29) is 11.4 Å². The van der Waals surface area contributed by atoms with Crippen molar-refractivity contribution in [3.63, 3.8) is 0 Å². The summed E-state index contributed by atoms with van der Waals surface area (Å²) in [5, 5.41) is 4.49. The van der Waals surface area contributed by atoms with E-state index >= 15 is 0 Å². The van der Waals surface area contributed by atoms with Crippen molar-refractivity contribution >= 4 is 23.3 Å². The number of amides is 1. The van der Waals surface area contributed by atoms with E-state index < -0.39 is 35.9 Å². The van der Waals surface area contributed by atoms with E-state index in [2.05, 4.69) is 9.84 Å². The van der Waals surface area contributed by atoms with Crippen LogP contribution in [0.3, 0.4) is 0 Å². The first-order chi connectivity index (χ1) is 11.2. The van der Waals surface area contributed by atoms with Crippen LogP contribution in [0.4, 0.5) is 23.2 Å². The smallest absolute Gasteiger partial charge is 0.424 e. The molecule has 9 heteroatoms. The van der Waals surface area contributed by atoms with Crippen molar-refractivity contribution < 1.29 is 31.9 Å². The van der Waals surface area contributed by atoms with Gasteiger partial charge in [-0.3, -0.25) is 4.79 Å². The molecule has 1 aliphatic rings. The van der Waals surface area contributed by atoms with E-state index in [4.69, 9.17) is 0 Å². The van der Waals surface area contributed by atoms with Crippen molar-refractivity contribution in [1.82, 2.24) is 0 Å². The van der Waals surface area contributed by atoms with E-state index in [1.165, 1.54) is 31.2 Å².